The van der Waals surface area contributed by atoms with E-state index in [-0.39, 0.29) is 15.2 Å². The van der Waals surface area contributed by atoms with Crippen molar-refractivity contribution in [2.45, 2.75) is 6.18 Å². The maximum atomic E-state index is 12.3. The highest BCUT2D eigenvalue weighted by atomic mass is 79.9. The summed E-state index contributed by atoms with van der Waals surface area (Å²) in [6.07, 6.45) is -4.45. The summed E-state index contributed by atoms with van der Waals surface area (Å²) in [5, 5.41) is -0.0342. The Morgan fingerprint density at radius 1 is 1.31 bits per heavy atom. The zero-order valence-electron chi connectivity index (χ0n) is 6.12. The molecule has 1 nitrogen and oxygen atoms in total. The molecule has 0 fully saturated rings. The molecular formula is C7H4BrClF3N. The molecule has 72 valence electrons. The Balaban J connectivity index is 3.37. The number of hydrogen-bond acceptors (Lipinski definition) is 1. The van der Waals surface area contributed by atoms with Gasteiger partial charge in [0.1, 0.15) is 0 Å². The smallest absolute Gasteiger partial charge is 0.398 e. The number of benzene rings is 1. The van der Waals surface area contributed by atoms with E-state index in [1.54, 1.807) is 0 Å². The first-order chi connectivity index (χ1) is 5.82. The number of rotatable bonds is 0. The molecule has 0 aliphatic rings. The second kappa shape index (κ2) is 3.38. The van der Waals surface area contributed by atoms with Crippen LogP contribution in [0.2, 0.25) is 5.02 Å². The van der Waals surface area contributed by atoms with Gasteiger partial charge in [0.2, 0.25) is 0 Å². The zero-order valence-corrected chi connectivity index (χ0v) is 8.46. The standard InChI is InChI=1S/C7H4BrClF3N/c8-6-4(7(10,11)12)1-3(9)2-5(6)13/h1-2H,13H2. The molecule has 0 atom stereocenters. The minimum Gasteiger partial charge on any atom is -0.398 e. The lowest BCUT2D eigenvalue weighted by atomic mass is 10.2. The summed E-state index contributed by atoms with van der Waals surface area (Å²) < 4.78 is 36.6. The summed E-state index contributed by atoms with van der Waals surface area (Å²) in [5.41, 5.74) is 4.40. The molecule has 1 aromatic rings. The van der Waals surface area contributed by atoms with E-state index in [9.17, 15) is 13.2 Å². The van der Waals surface area contributed by atoms with Gasteiger partial charge in [-0.1, -0.05) is 11.6 Å². The van der Waals surface area contributed by atoms with Gasteiger partial charge in [-0.3, -0.25) is 0 Å². The van der Waals surface area contributed by atoms with Crippen molar-refractivity contribution in [2.75, 3.05) is 5.73 Å². The lowest BCUT2D eigenvalue weighted by molar-refractivity contribution is -0.138. The van der Waals surface area contributed by atoms with Crippen LogP contribution in [-0.2, 0) is 6.18 Å². The maximum Gasteiger partial charge on any atom is 0.417 e. The molecule has 0 amide bonds. The van der Waals surface area contributed by atoms with E-state index >= 15 is 0 Å². The van der Waals surface area contributed by atoms with Crippen LogP contribution in [0.5, 0.6) is 0 Å². The average Bonchev–Trinajstić information content (AvgIpc) is 1.94. The van der Waals surface area contributed by atoms with Gasteiger partial charge in [-0.25, -0.2) is 0 Å². The molecule has 0 aromatic heterocycles. The van der Waals surface area contributed by atoms with Crippen molar-refractivity contribution in [3.05, 3.63) is 27.2 Å². The average molecular weight is 274 g/mol. The first kappa shape index (κ1) is 10.7. The highest BCUT2D eigenvalue weighted by Gasteiger charge is 2.34. The molecule has 0 saturated carbocycles. The summed E-state index contributed by atoms with van der Waals surface area (Å²) in [5.74, 6) is 0. The summed E-state index contributed by atoms with van der Waals surface area (Å²) >= 11 is 8.17. The van der Waals surface area contributed by atoms with Crippen molar-refractivity contribution in [2.24, 2.45) is 0 Å². The molecule has 13 heavy (non-hydrogen) atoms. The predicted octanol–water partition coefficient (Wildman–Crippen LogP) is 3.70. The minimum atomic E-state index is -4.45. The SMILES string of the molecule is Nc1cc(Cl)cc(C(F)(F)F)c1Br. The van der Waals surface area contributed by atoms with Crippen molar-refractivity contribution < 1.29 is 13.2 Å². The molecule has 6 heteroatoms. The van der Waals surface area contributed by atoms with Gasteiger partial charge in [0.05, 0.1) is 10.0 Å². The van der Waals surface area contributed by atoms with Crippen LogP contribution in [0.4, 0.5) is 18.9 Å². The number of nitrogen functional groups attached to an aromatic ring is 1. The molecule has 0 radical (unpaired) electrons. The van der Waals surface area contributed by atoms with Crippen LogP contribution >= 0.6 is 27.5 Å². The monoisotopic (exact) mass is 273 g/mol. The molecule has 1 aromatic carbocycles. The van der Waals surface area contributed by atoms with E-state index in [0.29, 0.717) is 0 Å². The van der Waals surface area contributed by atoms with Crippen molar-refractivity contribution in [1.82, 2.24) is 0 Å². The molecule has 0 aliphatic carbocycles. The van der Waals surface area contributed by atoms with Gasteiger partial charge in [0, 0.05) is 10.7 Å². The molecule has 0 spiro atoms. The predicted molar refractivity (Wildman–Crippen MR) is 48.6 cm³/mol. The normalized spacial score (nSPS) is 11.8. The third-order valence-corrected chi connectivity index (χ3v) is 2.47. The van der Waals surface area contributed by atoms with Crippen LogP contribution in [0.3, 0.4) is 0 Å². The Bertz CT molecular complexity index is 337. The van der Waals surface area contributed by atoms with E-state index in [2.05, 4.69) is 15.9 Å². The van der Waals surface area contributed by atoms with E-state index in [1.165, 1.54) is 6.07 Å². The highest BCUT2D eigenvalue weighted by Crippen LogP contribution is 2.39. The van der Waals surface area contributed by atoms with Crippen LogP contribution in [0, 0.1) is 0 Å². The molecule has 0 bridgehead atoms. The molecule has 0 aliphatic heterocycles. The topological polar surface area (TPSA) is 26.0 Å². The van der Waals surface area contributed by atoms with Crippen LogP contribution < -0.4 is 5.73 Å². The Morgan fingerprint density at radius 2 is 1.85 bits per heavy atom. The lowest BCUT2D eigenvalue weighted by Crippen LogP contribution is -2.07. The van der Waals surface area contributed by atoms with Crippen LogP contribution in [0.25, 0.3) is 0 Å². The number of alkyl halides is 3. The maximum absolute atomic E-state index is 12.3. The van der Waals surface area contributed by atoms with Gasteiger partial charge in [0.25, 0.3) is 0 Å². The quantitative estimate of drug-likeness (QED) is 0.717. The number of halogens is 5. The minimum absolute atomic E-state index is 0.0279. The Hall–Kier alpha value is -0.420. The Morgan fingerprint density at radius 3 is 2.31 bits per heavy atom. The molecule has 2 N–H and O–H groups in total. The zero-order chi connectivity index (χ0) is 10.2. The number of nitrogens with two attached hydrogens (primary N) is 1. The first-order valence-electron chi connectivity index (χ1n) is 3.14. The van der Waals surface area contributed by atoms with Crippen molar-refractivity contribution >= 4 is 33.2 Å². The van der Waals surface area contributed by atoms with Crippen LogP contribution in [-0.4, -0.2) is 0 Å². The van der Waals surface area contributed by atoms with Crippen molar-refractivity contribution in [3.63, 3.8) is 0 Å². The summed E-state index contributed by atoms with van der Waals surface area (Å²) in [7, 11) is 0. The van der Waals surface area contributed by atoms with Crippen molar-refractivity contribution in [1.29, 1.82) is 0 Å². The summed E-state index contributed by atoms with van der Waals surface area (Å²) in [6, 6.07) is 2.07. The number of hydrogen-bond donors (Lipinski definition) is 1. The fourth-order valence-electron chi connectivity index (χ4n) is 0.817. The van der Waals surface area contributed by atoms with Crippen LogP contribution in [0.15, 0.2) is 16.6 Å². The molecule has 0 heterocycles. The van der Waals surface area contributed by atoms with E-state index in [4.69, 9.17) is 17.3 Å². The third kappa shape index (κ3) is 2.28. The molecule has 0 unspecified atom stereocenters. The van der Waals surface area contributed by atoms with Gasteiger partial charge in [-0.05, 0) is 28.1 Å². The Labute approximate surface area is 85.8 Å². The molecular weight excluding hydrogens is 270 g/mol. The van der Waals surface area contributed by atoms with E-state index in [1.807, 2.05) is 0 Å². The van der Waals surface area contributed by atoms with Gasteiger partial charge in [-0.15, -0.1) is 0 Å². The fourth-order valence-corrected chi connectivity index (χ4v) is 1.50. The fraction of sp³-hybridized carbons (Fsp3) is 0.143. The third-order valence-electron chi connectivity index (χ3n) is 1.37. The number of anilines is 1. The molecule has 1 rings (SSSR count). The molecule has 0 saturated heterocycles. The lowest BCUT2D eigenvalue weighted by Gasteiger charge is -2.10. The van der Waals surface area contributed by atoms with Gasteiger partial charge in [0.15, 0.2) is 0 Å². The second-order valence-electron chi connectivity index (χ2n) is 2.35. The van der Waals surface area contributed by atoms with Crippen molar-refractivity contribution in [3.8, 4) is 0 Å². The van der Waals surface area contributed by atoms with E-state index in [0.717, 1.165) is 6.07 Å². The summed E-state index contributed by atoms with van der Waals surface area (Å²) in [4.78, 5) is 0. The summed E-state index contributed by atoms with van der Waals surface area (Å²) in [6.45, 7) is 0. The second-order valence-corrected chi connectivity index (χ2v) is 3.58. The highest BCUT2D eigenvalue weighted by molar-refractivity contribution is 9.10. The van der Waals surface area contributed by atoms with Gasteiger partial charge < -0.3 is 5.73 Å². The first-order valence-corrected chi connectivity index (χ1v) is 4.31. The Kier molecular flexibility index (Phi) is 2.77. The van der Waals surface area contributed by atoms with Gasteiger partial charge in [-0.2, -0.15) is 13.2 Å². The van der Waals surface area contributed by atoms with Crippen LogP contribution in [0.1, 0.15) is 5.56 Å². The largest absolute Gasteiger partial charge is 0.417 e. The van der Waals surface area contributed by atoms with Gasteiger partial charge >= 0.3 is 6.18 Å². The van der Waals surface area contributed by atoms with E-state index < -0.39 is 11.7 Å².